The number of nitrogens with two attached hydrogens (primary N) is 1. The number of nitro benzene ring substituents is 1. The maximum absolute atomic E-state index is 10.9. The standard InChI is InChI=1S/C13H19N3O3S/c1-13(2,12(14)15-17)8-5-9-20-11-7-4-3-6-10(11)16(18)19/h3-4,6-7,17H,5,8-9H2,1-2H3,(H2,14,15). The van der Waals surface area contributed by atoms with Crippen LogP contribution in [0.2, 0.25) is 0 Å². The van der Waals surface area contributed by atoms with Gasteiger partial charge in [-0.05, 0) is 24.7 Å². The molecule has 0 heterocycles. The monoisotopic (exact) mass is 297 g/mol. The summed E-state index contributed by atoms with van der Waals surface area (Å²) >= 11 is 1.45. The van der Waals surface area contributed by atoms with Crippen molar-refractivity contribution in [2.45, 2.75) is 31.6 Å². The quantitative estimate of drug-likeness (QED) is 0.153. The molecule has 3 N–H and O–H groups in total. The zero-order chi connectivity index (χ0) is 15.2. The molecule has 7 heteroatoms. The highest BCUT2D eigenvalue weighted by molar-refractivity contribution is 7.99. The van der Waals surface area contributed by atoms with Crippen LogP contribution in [0.15, 0.2) is 34.3 Å². The van der Waals surface area contributed by atoms with E-state index in [1.54, 1.807) is 18.2 Å². The molecular formula is C13H19N3O3S. The molecule has 0 radical (unpaired) electrons. The third-order valence-electron chi connectivity index (χ3n) is 3.07. The van der Waals surface area contributed by atoms with E-state index in [1.807, 2.05) is 13.8 Å². The van der Waals surface area contributed by atoms with Gasteiger partial charge in [0.15, 0.2) is 0 Å². The fraction of sp³-hybridized carbons (Fsp3) is 0.462. The van der Waals surface area contributed by atoms with E-state index >= 15 is 0 Å². The topological polar surface area (TPSA) is 102 Å². The number of thioether (sulfide) groups is 1. The van der Waals surface area contributed by atoms with Crippen molar-refractivity contribution in [3.63, 3.8) is 0 Å². The fourth-order valence-corrected chi connectivity index (χ4v) is 2.66. The van der Waals surface area contributed by atoms with Gasteiger partial charge in [-0.3, -0.25) is 10.1 Å². The average Bonchev–Trinajstić information content (AvgIpc) is 2.42. The van der Waals surface area contributed by atoms with Gasteiger partial charge in [-0.15, -0.1) is 11.8 Å². The minimum absolute atomic E-state index is 0.133. The third-order valence-corrected chi connectivity index (χ3v) is 4.22. The van der Waals surface area contributed by atoms with Crippen molar-refractivity contribution < 1.29 is 10.1 Å². The van der Waals surface area contributed by atoms with E-state index < -0.39 is 0 Å². The van der Waals surface area contributed by atoms with Gasteiger partial charge in [-0.1, -0.05) is 31.1 Å². The molecule has 0 bridgehead atoms. The summed E-state index contributed by atoms with van der Waals surface area (Å²) in [6.07, 6.45) is 1.57. The summed E-state index contributed by atoms with van der Waals surface area (Å²) in [4.78, 5) is 11.2. The number of oxime groups is 1. The van der Waals surface area contributed by atoms with Crippen molar-refractivity contribution in [3.05, 3.63) is 34.4 Å². The molecule has 0 aliphatic carbocycles. The second-order valence-corrected chi connectivity index (χ2v) is 6.18. The van der Waals surface area contributed by atoms with Crippen LogP contribution in [0.1, 0.15) is 26.7 Å². The summed E-state index contributed by atoms with van der Waals surface area (Å²) in [5, 5.41) is 22.6. The lowest BCUT2D eigenvalue weighted by Crippen LogP contribution is -2.31. The molecule has 0 amide bonds. The van der Waals surface area contributed by atoms with Gasteiger partial charge in [0.05, 0.1) is 9.82 Å². The van der Waals surface area contributed by atoms with Gasteiger partial charge in [0.1, 0.15) is 5.84 Å². The smallest absolute Gasteiger partial charge is 0.282 e. The van der Waals surface area contributed by atoms with Crippen LogP contribution >= 0.6 is 11.8 Å². The third kappa shape index (κ3) is 4.41. The molecule has 20 heavy (non-hydrogen) atoms. The van der Waals surface area contributed by atoms with Gasteiger partial charge in [0.2, 0.25) is 0 Å². The van der Waals surface area contributed by atoms with E-state index in [2.05, 4.69) is 5.16 Å². The summed E-state index contributed by atoms with van der Waals surface area (Å²) in [6.45, 7) is 3.80. The molecule has 0 atom stereocenters. The van der Waals surface area contributed by atoms with Crippen LogP contribution in [0.4, 0.5) is 5.69 Å². The first-order chi connectivity index (χ1) is 9.38. The predicted molar refractivity (Wildman–Crippen MR) is 80.2 cm³/mol. The summed E-state index contributed by atoms with van der Waals surface area (Å²) in [5.41, 5.74) is 5.37. The van der Waals surface area contributed by atoms with Crippen molar-refractivity contribution >= 4 is 23.3 Å². The van der Waals surface area contributed by atoms with Gasteiger partial charge in [-0.2, -0.15) is 0 Å². The number of para-hydroxylation sites is 1. The molecule has 0 saturated carbocycles. The first-order valence-corrected chi connectivity index (χ1v) is 7.21. The molecule has 1 rings (SSSR count). The molecule has 0 fully saturated rings. The van der Waals surface area contributed by atoms with Gasteiger partial charge < -0.3 is 10.9 Å². The SMILES string of the molecule is CC(C)(CCCSc1ccccc1[N+](=O)[O-])C(N)=NO. The van der Waals surface area contributed by atoms with Gasteiger partial charge in [0, 0.05) is 11.5 Å². The van der Waals surface area contributed by atoms with Crippen LogP contribution in [0, 0.1) is 15.5 Å². The summed E-state index contributed by atoms with van der Waals surface area (Å²) in [6, 6.07) is 6.69. The first-order valence-electron chi connectivity index (χ1n) is 6.22. The number of benzene rings is 1. The Bertz CT molecular complexity index is 503. The van der Waals surface area contributed by atoms with Gasteiger partial charge in [-0.25, -0.2) is 0 Å². The average molecular weight is 297 g/mol. The normalized spacial score (nSPS) is 12.4. The van der Waals surface area contributed by atoms with Gasteiger partial charge >= 0.3 is 0 Å². The molecule has 1 aromatic carbocycles. The first kappa shape index (κ1) is 16.3. The lowest BCUT2D eigenvalue weighted by atomic mass is 9.87. The highest BCUT2D eigenvalue weighted by atomic mass is 32.2. The molecule has 0 aromatic heterocycles. The Labute approximate surface area is 122 Å². The van der Waals surface area contributed by atoms with E-state index in [-0.39, 0.29) is 21.9 Å². The van der Waals surface area contributed by atoms with Crippen molar-refractivity contribution in [3.8, 4) is 0 Å². The van der Waals surface area contributed by atoms with Crippen LogP contribution in [-0.2, 0) is 0 Å². The van der Waals surface area contributed by atoms with Crippen molar-refractivity contribution in [1.82, 2.24) is 0 Å². The van der Waals surface area contributed by atoms with Crippen LogP contribution in [0.25, 0.3) is 0 Å². The minimum atomic E-state index is -0.377. The largest absolute Gasteiger partial charge is 0.409 e. The Morgan fingerprint density at radius 1 is 1.50 bits per heavy atom. The van der Waals surface area contributed by atoms with Crippen LogP contribution in [0.3, 0.4) is 0 Å². The van der Waals surface area contributed by atoms with E-state index in [1.165, 1.54) is 17.8 Å². The highest BCUT2D eigenvalue weighted by Gasteiger charge is 2.23. The zero-order valence-electron chi connectivity index (χ0n) is 11.6. The van der Waals surface area contributed by atoms with Crippen LogP contribution < -0.4 is 5.73 Å². The van der Waals surface area contributed by atoms with E-state index in [0.717, 1.165) is 18.6 Å². The number of nitrogens with zero attached hydrogens (tertiary/aromatic N) is 2. The molecule has 0 unspecified atom stereocenters. The number of nitro groups is 1. The Kier molecular flexibility index (Phi) is 5.82. The lowest BCUT2D eigenvalue weighted by Gasteiger charge is -2.22. The number of hydrogen-bond acceptors (Lipinski definition) is 5. The van der Waals surface area contributed by atoms with E-state index in [4.69, 9.17) is 10.9 Å². The number of amidine groups is 1. The van der Waals surface area contributed by atoms with Gasteiger partial charge in [0.25, 0.3) is 5.69 Å². The molecule has 6 nitrogen and oxygen atoms in total. The molecule has 0 aliphatic rings. The Morgan fingerprint density at radius 3 is 2.75 bits per heavy atom. The predicted octanol–water partition coefficient (Wildman–Crippen LogP) is 3.24. The Morgan fingerprint density at radius 2 is 2.15 bits per heavy atom. The molecule has 0 saturated heterocycles. The lowest BCUT2D eigenvalue weighted by molar-refractivity contribution is -0.387. The van der Waals surface area contributed by atoms with Crippen LogP contribution in [0.5, 0.6) is 0 Å². The molecule has 0 spiro atoms. The minimum Gasteiger partial charge on any atom is -0.409 e. The Balaban J connectivity index is 2.52. The number of rotatable bonds is 7. The second kappa shape index (κ2) is 7.14. The fourth-order valence-electron chi connectivity index (χ4n) is 1.69. The van der Waals surface area contributed by atoms with E-state index in [9.17, 15) is 10.1 Å². The Hall–Kier alpha value is -1.76. The maximum atomic E-state index is 10.9. The molecular weight excluding hydrogens is 278 g/mol. The molecule has 110 valence electrons. The highest BCUT2D eigenvalue weighted by Crippen LogP contribution is 2.31. The summed E-state index contributed by atoms with van der Waals surface area (Å²) in [5.74, 6) is 0.945. The number of hydrogen-bond donors (Lipinski definition) is 2. The zero-order valence-corrected chi connectivity index (χ0v) is 12.4. The second-order valence-electron chi connectivity index (χ2n) is 5.05. The van der Waals surface area contributed by atoms with E-state index in [0.29, 0.717) is 4.90 Å². The van der Waals surface area contributed by atoms with Crippen molar-refractivity contribution in [1.29, 1.82) is 0 Å². The van der Waals surface area contributed by atoms with Crippen molar-refractivity contribution in [2.24, 2.45) is 16.3 Å². The van der Waals surface area contributed by atoms with Crippen LogP contribution in [-0.4, -0.2) is 21.7 Å². The summed E-state index contributed by atoms with van der Waals surface area (Å²) < 4.78 is 0. The van der Waals surface area contributed by atoms with Crippen molar-refractivity contribution in [2.75, 3.05) is 5.75 Å². The molecule has 1 aromatic rings. The maximum Gasteiger partial charge on any atom is 0.282 e. The molecule has 0 aliphatic heterocycles. The summed E-state index contributed by atoms with van der Waals surface area (Å²) in [7, 11) is 0.